The van der Waals surface area contributed by atoms with Crippen molar-refractivity contribution in [3.05, 3.63) is 63.3 Å². The van der Waals surface area contributed by atoms with Gasteiger partial charge in [0, 0.05) is 11.3 Å². The van der Waals surface area contributed by atoms with E-state index >= 15 is 0 Å². The third-order valence-corrected chi connectivity index (χ3v) is 6.09. The van der Waals surface area contributed by atoms with Gasteiger partial charge in [-0.25, -0.2) is 8.42 Å². The van der Waals surface area contributed by atoms with Crippen molar-refractivity contribution in [1.29, 1.82) is 0 Å². The van der Waals surface area contributed by atoms with Crippen LogP contribution < -0.4 is 14.2 Å². The van der Waals surface area contributed by atoms with E-state index in [2.05, 4.69) is 4.72 Å². The molecular weight excluding hydrogens is 406 g/mol. The molecular formula is C19H16ClNO4S2. The van der Waals surface area contributed by atoms with Gasteiger partial charge in [0.25, 0.3) is 0 Å². The summed E-state index contributed by atoms with van der Waals surface area (Å²) < 4.78 is 38.3. The number of rotatable bonds is 4. The maximum absolute atomic E-state index is 11.6. The Bertz CT molecular complexity index is 1120. The number of fused-ring (bicyclic) bond motifs is 3. The Balaban J connectivity index is 1.92. The van der Waals surface area contributed by atoms with Gasteiger partial charge in [0.15, 0.2) is 6.10 Å². The van der Waals surface area contributed by atoms with Crippen molar-refractivity contribution >= 4 is 38.6 Å². The van der Waals surface area contributed by atoms with E-state index in [9.17, 15) is 8.42 Å². The van der Waals surface area contributed by atoms with Crippen molar-refractivity contribution in [2.24, 2.45) is 0 Å². The molecule has 1 aliphatic rings. The Kier molecular flexibility index (Phi) is 4.53. The van der Waals surface area contributed by atoms with Crippen LogP contribution in [0.2, 0.25) is 4.34 Å². The summed E-state index contributed by atoms with van der Waals surface area (Å²) in [5, 5.41) is 0. The third-order valence-electron chi connectivity index (χ3n) is 4.21. The van der Waals surface area contributed by atoms with Crippen LogP contribution in [0.15, 0.2) is 48.5 Å². The second-order valence-corrected chi connectivity index (χ2v) is 9.64. The van der Waals surface area contributed by atoms with E-state index in [1.165, 1.54) is 11.3 Å². The number of hydrogen-bond donors (Lipinski definition) is 1. The quantitative estimate of drug-likeness (QED) is 0.648. The van der Waals surface area contributed by atoms with Gasteiger partial charge in [-0.05, 0) is 42.0 Å². The molecule has 27 heavy (non-hydrogen) atoms. The standard InChI is InChI=1S/C19H16ClNO4S2/c1-24-14-4-3-5-15-18(14)12-7-6-11(21-27(2,22)23)10-13(12)19(25-15)16-8-9-17(20)26-16/h3-10,19,21H,1-2H3. The first-order valence-electron chi connectivity index (χ1n) is 8.07. The molecule has 0 spiro atoms. The second kappa shape index (κ2) is 6.74. The Morgan fingerprint density at radius 3 is 2.67 bits per heavy atom. The predicted octanol–water partition coefficient (Wildman–Crippen LogP) is 4.93. The molecule has 0 fully saturated rings. The molecule has 8 heteroatoms. The zero-order valence-electron chi connectivity index (χ0n) is 14.5. The number of sulfonamides is 1. The number of methoxy groups -OCH3 is 1. The molecule has 0 radical (unpaired) electrons. The zero-order valence-corrected chi connectivity index (χ0v) is 16.9. The number of halogens is 1. The summed E-state index contributed by atoms with van der Waals surface area (Å²) in [5.41, 5.74) is 3.10. The molecule has 0 aliphatic carbocycles. The van der Waals surface area contributed by atoms with Crippen LogP contribution >= 0.6 is 22.9 Å². The van der Waals surface area contributed by atoms with Crippen LogP contribution in [0.4, 0.5) is 5.69 Å². The first kappa shape index (κ1) is 18.2. The lowest BCUT2D eigenvalue weighted by Crippen LogP contribution is -2.16. The van der Waals surface area contributed by atoms with Gasteiger partial charge in [-0.15, -0.1) is 11.3 Å². The minimum Gasteiger partial charge on any atom is -0.496 e. The van der Waals surface area contributed by atoms with Gasteiger partial charge in [-0.3, -0.25) is 4.72 Å². The molecule has 0 saturated carbocycles. The van der Waals surface area contributed by atoms with E-state index in [0.29, 0.717) is 21.5 Å². The van der Waals surface area contributed by atoms with Crippen LogP contribution in [-0.4, -0.2) is 21.8 Å². The van der Waals surface area contributed by atoms with Crippen molar-refractivity contribution in [2.45, 2.75) is 6.10 Å². The summed E-state index contributed by atoms with van der Waals surface area (Å²) in [6, 6.07) is 14.8. The summed E-state index contributed by atoms with van der Waals surface area (Å²) in [5.74, 6) is 1.40. The highest BCUT2D eigenvalue weighted by Gasteiger charge is 2.31. The van der Waals surface area contributed by atoms with E-state index in [4.69, 9.17) is 21.1 Å². The smallest absolute Gasteiger partial charge is 0.229 e. The molecule has 140 valence electrons. The van der Waals surface area contributed by atoms with Gasteiger partial charge >= 0.3 is 0 Å². The third kappa shape index (κ3) is 3.50. The second-order valence-electron chi connectivity index (χ2n) is 6.15. The van der Waals surface area contributed by atoms with Gasteiger partial charge in [0.2, 0.25) is 10.0 Å². The summed E-state index contributed by atoms with van der Waals surface area (Å²) in [6.07, 6.45) is 0.732. The molecule has 0 saturated heterocycles. The Hall–Kier alpha value is -2.22. The highest BCUT2D eigenvalue weighted by molar-refractivity contribution is 7.92. The van der Waals surface area contributed by atoms with E-state index in [1.807, 2.05) is 36.4 Å². The molecule has 2 aromatic carbocycles. The minimum absolute atomic E-state index is 0.390. The van der Waals surface area contributed by atoms with Crippen LogP contribution in [0.25, 0.3) is 11.1 Å². The topological polar surface area (TPSA) is 64.6 Å². The van der Waals surface area contributed by atoms with Crippen LogP contribution in [-0.2, 0) is 10.0 Å². The van der Waals surface area contributed by atoms with Crippen molar-refractivity contribution in [3.8, 4) is 22.6 Å². The summed E-state index contributed by atoms with van der Waals surface area (Å²) in [4.78, 5) is 0.936. The lowest BCUT2D eigenvalue weighted by Gasteiger charge is -2.29. The van der Waals surface area contributed by atoms with Crippen LogP contribution in [0, 0.1) is 0 Å². The molecule has 1 aliphatic heterocycles. The van der Waals surface area contributed by atoms with Gasteiger partial charge in [0.05, 0.1) is 28.1 Å². The normalized spacial score (nSPS) is 15.4. The van der Waals surface area contributed by atoms with Crippen molar-refractivity contribution in [3.63, 3.8) is 0 Å². The highest BCUT2D eigenvalue weighted by atomic mass is 35.5. The first-order chi connectivity index (χ1) is 12.9. The average Bonchev–Trinajstić information content (AvgIpc) is 3.05. The number of nitrogens with one attached hydrogen (secondary N) is 1. The van der Waals surface area contributed by atoms with Crippen molar-refractivity contribution in [2.75, 3.05) is 18.1 Å². The van der Waals surface area contributed by atoms with Crippen LogP contribution in [0.1, 0.15) is 16.5 Å². The molecule has 0 bridgehead atoms. The molecule has 4 rings (SSSR count). The van der Waals surface area contributed by atoms with E-state index < -0.39 is 16.1 Å². The lowest BCUT2D eigenvalue weighted by molar-refractivity contribution is 0.246. The Morgan fingerprint density at radius 2 is 2.00 bits per heavy atom. The monoisotopic (exact) mass is 421 g/mol. The number of ether oxygens (including phenoxy) is 2. The predicted molar refractivity (Wildman–Crippen MR) is 109 cm³/mol. The van der Waals surface area contributed by atoms with Crippen molar-refractivity contribution < 1.29 is 17.9 Å². The van der Waals surface area contributed by atoms with Crippen molar-refractivity contribution in [1.82, 2.24) is 0 Å². The largest absolute Gasteiger partial charge is 0.496 e. The average molecular weight is 422 g/mol. The van der Waals surface area contributed by atoms with E-state index in [1.54, 1.807) is 19.2 Å². The van der Waals surface area contributed by atoms with Gasteiger partial charge in [-0.2, -0.15) is 0 Å². The van der Waals surface area contributed by atoms with Crippen LogP contribution in [0.3, 0.4) is 0 Å². The first-order valence-corrected chi connectivity index (χ1v) is 11.2. The molecule has 1 aromatic heterocycles. The maximum Gasteiger partial charge on any atom is 0.229 e. The minimum atomic E-state index is -3.39. The van der Waals surface area contributed by atoms with Crippen LogP contribution in [0.5, 0.6) is 11.5 Å². The molecule has 5 nitrogen and oxygen atoms in total. The van der Waals surface area contributed by atoms with Gasteiger partial charge in [-0.1, -0.05) is 23.7 Å². The fourth-order valence-corrected chi connectivity index (χ4v) is 4.87. The summed E-state index contributed by atoms with van der Waals surface area (Å²) >= 11 is 7.56. The lowest BCUT2D eigenvalue weighted by atomic mass is 9.91. The van der Waals surface area contributed by atoms with E-state index in [0.717, 1.165) is 27.8 Å². The number of thiophene rings is 1. The fraction of sp³-hybridized carbons (Fsp3) is 0.158. The van der Waals surface area contributed by atoms with Gasteiger partial charge < -0.3 is 9.47 Å². The highest BCUT2D eigenvalue weighted by Crippen LogP contribution is 2.50. The Morgan fingerprint density at radius 1 is 1.19 bits per heavy atom. The van der Waals surface area contributed by atoms with Gasteiger partial charge in [0.1, 0.15) is 11.5 Å². The molecule has 1 unspecified atom stereocenters. The summed E-state index contributed by atoms with van der Waals surface area (Å²) in [7, 11) is -1.78. The fourth-order valence-electron chi connectivity index (χ4n) is 3.20. The van der Waals surface area contributed by atoms with E-state index in [-0.39, 0.29) is 0 Å². The number of hydrogen-bond acceptors (Lipinski definition) is 5. The number of benzene rings is 2. The molecule has 1 N–H and O–H groups in total. The molecule has 1 atom stereocenters. The Labute approximate surface area is 166 Å². The maximum atomic E-state index is 11.6. The molecule has 3 aromatic rings. The zero-order chi connectivity index (χ0) is 19.2. The summed E-state index contributed by atoms with van der Waals surface area (Å²) in [6.45, 7) is 0. The molecule has 0 amide bonds. The number of anilines is 1. The molecule has 2 heterocycles. The SMILES string of the molecule is COc1cccc2c1-c1ccc(NS(C)(=O)=O)cc1C(c1ccc(Cl)s1)O2.